The van der Waals surface area contributed by atoms with Gasteiger partial charge in [-0.15, -0.1) is 0 Å². The van der Waals surface area contributed by atoms with Crippen LogP contribution in [0.15, 0.2) is 78.9 Å². The van der Waals surface area contributed by atoms with E-state index in [4.69, 9.17) is 9.47 Å². The second kappa shape index (κ2) is 8.46. The number of aromatic nitrogens is 2. The van der Waals surface area contributed by atoms with E-state index in [0.29, 0.717) is 18.5 Å². The third-order valence-corrected chi connectivity index (χ3v) is 10.0. The first-order chi connectivity index (χ1) is 20.9. The van der Waals surface area contributed by atoms with Crippen LogP contribution in [-0.2, 0) is 21.7 Å². The number of fused-ring (bicyclic) bond motifs is 13. The van der Waals surface area contributed by atoms with Crippen LogP contribution in [0.3, 0.4) is 0 Å². The lowest BCUT2D eigenvalue weighted by Crippen LogP contribution is -2.61. The number of methoxy groups -OCH3 is 1. The Bertz CT molecular complexity index is 2180. The summed E-state index contributed by atoms with van der Waals surface area (Å²) in [5.74, 6) is -0.107. The lowest BCUT2D eigenvalue weighted by atomic mass is 9.91. The summed E-state index contributed by atoms with van der Waals surface area (Å²) < 4.78 is 18.1. The van der Waals surface area contributed by atoms with Gasteiger partial charge in [-0.05, 0) is 36.8 Å². The van der Waals surface area contributed by atoms with Crippen molar-refractivity contribution in [3.63, 3.8) is 0 Å². The van der Waals surface area contributed by atoms with Gasteiger partial charge in [-0.2, -0.15) is 0 Å². The normalized spacial score (nSPS) is 24.2. The maximum Gasteiger partial charge on any atom is 0.253 e. The van der Waals surface area contributed by atoms with Gasteiger partial charge in [0.15, 0.2) is 5.72 Å². The van der Waals surface area contributed by atoms with Gasteiger partial charge in [-0.3, -0.25) is 9.59 Å². The van der Waals surface area contributed by atoms with E-state index in [0.717, 1.165) is 54.7 Å². The predicted molar refractivity (Wildman–Crippen MR) is 165 cm³/mol. The van der Waals surface area contributed by atoms with Crippen LogP contribution in [0.4, 0.5) is 0 Å². The number of likely N-dealkylation sites (N-methyl/N-ethyl adjacent to an activating group) is 1. The molecule has 2 amide bonds. The van der Waals surface area contributed by atoms with Gasteiger partial charge in [0.2, 0.25) is 0 Å². The van der Waals surface area contributed by atoms with Crippen molar-refractivity contribution < 1.29 is 19.1 Å². The molecule has 4 atom stereocenters. The maximum absolute atomic E-state index is 13.9. The molecule has 9 rings (SSSR count). The van der Waals surface area contributed by atoms with E-state index in [1.165, 1.54) is 0 Å². The van der Waals surface area contributed by atoms with Crippen molar-refractivity contribution >= 4 is 55.4 Å². The van der Waals surface area contributed by atoms with Crippen LogP contribution in [0.25, 0.3) is 43.6 Å². The average molecular weight is 571 g/mol. The van der Waals surface area contributed by atoms with Crippen LogP contribution in [0.5, 0.6) is 0 Å². The first kappa shape index (κ1) is 24.9. The smallest absolute Gasteiger partial charge is 0.253 e. The number of carbonyl (C=O) groups excluding carboxylic acids is 2. The molecule has 3 aliphatic heterocycles. The number of nitrogens with zero attached hydrogens (tertiary/aromatic N) is 3. The van der Waals surface area contributed by atoms with Crippen molar-refractivity contribution in [1.29, 1.82) is 0 Å². The largest absolute Gasteiger partial charge is 0.374 e. The molecule has 2 bridgehead atoms. The van der Waals surface area contributed by atoms with Gasteiger partial charge < -0.3 is 28.8 Å². The van der Waals surface area contributed by atoms with Crippen molar-refractivity contribution in [3.8, 4) is 0 Å². The number of nitrogens with one attached hydrogen (secondary N) is 1. The Morgan fingerprint density at radius 2 is 1.63 bits per heavy atom. The third-order valence-electron chi connectivity index (χ3n) is 10.0. The fraction of sp³-hybridized carbons (Fsp3) is 0.257. The molecule has 0 aliphatic carbocycles. The summed E-state index contributed by atoms with van der Waals surface area (Å²) in [6.07, 6.45) is -0.386. The number of hydrogen-bond acceptors (Lipinski definition) is 4. The lowest BCUT2D eigenvalue weighted by Gasteiger charge is -2.50. The zero-order chi connectivity index (χ0) is 29.2. The fourth-order valence-electron chi connectivity index (χ4n) is 8.33. The second-order valence-corrected chi connectivity index (χ2v) is 12.1. The summed E-state index contributed by atoms with van der Waals surface area (Å²) >= 11 is 0. The van der Waals surface area contributed by atoms with Gasteiger partial charge in [0.25, 0.3) is 11.8 Å². The maximum atomic E-state index is 13.9. The summed E-state index contributed by atoms with van der Waals surface area (Å²) in [4.78, 5) is 29.2. The second-order valence-electron chi connectivity index (χ2n) is 12.1. The number of rotatable bonds is 3. The van der Waals surface area contributed by atoms with Crippen molar-refractivity contribution in [2.75, 3.05) is 14.2 Å². The Balaban J connectivity index is 1.43. The number of benzene rings is 4. The molecule has 2 unspecified atom stereocenters. The monoisotopic (exact) mass is 570 g/mol. The summed E-state index contributed by atoms with van der Waals surface area (Å²) in [5, 5.41) is 7.24. The highest BCUT2D eigenvalue weighted by molar-refractivity contribution is 6.31. The van der Waals surface area contributed by atoms with Crippen molar-refractivity contribution in [1.82, 2.24) is 19.4 Å². The van der Waals surface area contributed by atoms with E-state index >= 15 is 0 Å². The van der Waals surface area contributed by atoms with Crippen LogP contribution >= 0.6 is 0 Å². The minimum absolute atomic E-state index is 0.0446. The Morgan fingerprint density at radius 3 is 2.37 bits per heavy atom. The number of ether oxygens (including phenoxy) is 2. The van der Waals surface area contributed by atoms with Crippen molar-refractivity contribution in [3.05, 3.63) is 95.6 Å². The molecule has 1 N–H and O–H groups in total. The molecular weight excluding hydrogens is 540 g/mol. The SMILES string of the molecule is COC1C(N(C)C(=O)c2ccccc2)C[C@H]2O[C@]1(C)n1c3ccccc3c3c4c(c5c6ccccc6n2c5c31)C(=O)NC4. The average Bonchev–Trinajstić information content (AvgIpc) is 3.68. The minimum Gasteiger partial charge on any atom is -0.374 e. The zero-order valence-electron chi connectivity index (χ0n) is 24.1. The predicted octanol–water partition coefficient (Wildman–Crippen LogP) is 5.91. The van der Waals surface area contributed by atoms with E-state index in [1.54, 1.807) is 7.11 Å². The quantitative estimate of drug-likeness (QED) is 0.287. The molecule has 214 valence electrons. The van der Waals surface area contributed by atoms with Crippen LogP contribution in [0.1, 0.15) is 45.9 Å². The first-order valence-electron chi connectivity index (χ1n) is 14.8. The molecule has 0 radical (unpaired) electrons. The summed E-state index contributed by atoms with van der Waals surface area (Å²) in [6, 6.07) is 25.7. The Hall–Kier alpha value is -4.66. The van der Waals surface area contributed by atoms with Gasteiger partial charge in [0, 0.05) is 54.2 Å². The molecule has 4 aromatic carbocycles. The van der Waals surface area contributed by atoms with Crippen molar-refractivity contribution in [2.45, 2.75) is 44.0 Å². The third kappa shape index (κ3) is 2.97. The topological polar surface area (TPSA) is 77.7 Å². The van der Waals surface area contributed by atoms with Crippen LogP contribution in [0, 0.1) is 0 Å². The molecular formula is C35H30N4O4. The lowest BCUT2D eigenvalue weighted by molar-refractivity contribution is -0.264. The molecule has 0 spiro atoms. The fourth-order valence-corrected chi connectivity index (χ4v) is 8.33. The Morgan fingerprint density at radius 1 is 0.953 bits per heavy atom. The number of carbonyl (C=O) groups is 2. The first-order valence-corrected chi connectivity index (χ1v) is 14.8. The number of para-hydroxylation sites is 2. The molecule has 2 aromatic heterocycles. The highest BCUT2D eigenvalue weighted by Crippen LogP contribution is 2.54. The van der Waals surface area contributed by atoms with Crippen LogP contribution in [0.2, 0.25) is 0 Å². The molecule has 8 heteroatoms. The summed E-state index contributed by atoms with van der Waals surface area (Å²) in [7, 11) is 3.57. The van der Waals surface area contributed by atoms with Crippen LogP contribution in [-0.4, -0.2) is 52.2 Å². The van der Waals surface area contributed by atoms with Gasteiger partial charge in [0.1, 0.15) is 12.3 Å². The number of hydrogen-bond donors (Lipinski definition) is 1. The van der Waals surface area contributed by atoms with E-state index in [1.807, 2.05) is 66.5 Å². The molecule has 6 aromatic rings. The molecule has 43 heavy (non-hydrogen) atoms. The molecule has 3 aliphatic rings. The zero-order valence-corrected chi connectivity index (χ0v) is 24.1. The summed E-state index contributed by atoms with van der Waals surface area (Å²) in [6.45, 7) is 2.56. The molecule has 0 saturated carbocycles. The van der Waals surface area contributed by atoms with Crippen LogP contribution < -0.4 is 5.32 Å². The van der Waals surface area contributed by atoms with Crippen molar-refractivity contribution in [2.24, 2.45) is 0 Å². The summed E-state index contributed by atoms with van der Waals surface area (Å²) in [5.41, 5.74) is 5.46. The van der Waals surface area contributed by atoms with Gasteiger partial charge in [0.05, 0.1) is 33.7 Å². The highest BCUT2D eigenvalue weighted by Gasteiger charge is 2.55. The van der Waals surface area contributed by atoms with Gasteiger partial charge in [-0.25, -0.2) is 0 Å². The van der Waals surface area contributed by atoms with E-state index in [9.17, 15) is 9.59 Å². The molecule has 8 nitrogen and oxygen atoms in total. The van der Waals surface area contributed by atoms with Gasteiger partial charge in [-0.1, -0.05) is 54.6 Å². The minimum atomic E-state index is -0.980. The number of amides is 2. The molecule has 5 heterocycles. The standard InChI is InChI=1S/C35H30N4O4/c1-35-32(42-3)25(37(2)34(41)19-11-5-4-6-12-19)17-26(43-35)38-23-15-9-7-13-20(23)28-29-22(18-36-33(29)40)27-21-14-8-10-16-24(21)39(35)31(27)30(28)38/h4-16,25-26,32H,17-18H2,1-3H3,(H,36,40)/t25?,26-,32?,35+/m1/s1. The Labute approximate surface area is 247 Å². The van der Waals surface area contributed by atoms with Gasteiger partial charge >= 0.3 is 0 Å². The Kier molecular flexibility index (Phi) is 4.90. The van der Waals surface area contributed by atoms with E-state index in [-0.39, 0.29) is 17.9 Å². The van der Waals surface area contributed by atoms with E-state index < -0.39 is 18.1 Å². The molecule has 1 fully saturated rings. The van der Waals surface area contributed by atoms with E-state index in [2.05, 4.69) is 45.6 Å². The molecule has 1 saturated heterocycles. The highest BCUT2D eigenvalue weighted by atomic mass is 16.6.